The van der Waals surface area contributed by atoms with Crippen molar-refractivity contribution < 1.29 is 9.09 Å². The van der Waals surface area contributed by atoms with Crippen molar-refractivity contribution in [3.05, 3.63) is 0 Å². The van der Waals surface area contributed by atoms with Crippen LogP contribution in [0.4, 0.5) is 0 Å². The summed E-state index contributed by atoms with van der Waals surface area (Å²) in [5.74, 6) is 2.66. The molecule has 0 aliphatic carbocycles. The first-order chi connectivity index (χ1) is 7.73. The summed E-state index contributed by atoms with van der Waals surface area (Å²) in [7, 11) is -2.84. The van der Waals surface area contributed by atoms with E-state index in [4.69, 9.17) is 27.7 Å². The van der Waals surface area contributed by atoms with Gasteiger partial charge in [-0.15, -0.1) is 23.2 Å². The molecule has 1 unspecified atom stereocenters. The maximum atomic E-state index is 12.2. The number of halogens is 3. The predicted octanol–water partition coefficient (Wildman–Crippen LogP) is 2.90. The third kappa shape index (κ3) is 5.67. The molecular formula is C8H18BrCl2N2O2P. The van der Waals surface area contributed by atoms with E-state index in [1.807, 2.05) is 5.83 Å². The van der Waals surface area contributed by atoms with Crippen LogP contribution in [-0.2, 0) is 9.09 Å². The van der Waals surface area contributed by atoms with Crippen LogP contribution in [0.3, 0.4) is 0 Å². The molecule has 8 heteroatoms. The van der Waals surface area contributed by atoms with Gasteiger partial charge in [-0.25, -0.2) is 9.76 Å². The topological polar surface area (TPSA) is 41.6 Å². The number of alkyl halides is 3. The fraction of sp³-hybridized carbons (Fsp3) is 1.00. The Labute approximate surface area is 116 Å². The minimum absolute atomic E-state index is 0.423. The molecule has 1 N–H and O–H groups in total. The van der Waals surface area contributed by atoms with E-state index >= 15 is 0 Å². The minimum Gasteiger partial charge on any atom is -0.306 e. The second kappa shape index (κ2) is 10.1. The smallest absolute Gasteiger partial charge is 0.306 e. The van der Waals surface area contributed by atoms with Crippen molar-refractivity contribution in [2.45, 2.75) is 6.42 Å². The zero-order valence-corrected chi connectivity index (χ0v) is 13.3. The number of rotatable bonds is 5. The summed E-state index contributed by atoms with van der Waals surface area (Å²) in [5, 5.41) is 2.91. The molecular weight excluding hydrogens is 338 g/mol. The Morgan fingerprint density at radius 3 is 2.31 bits per heavy atom. The summed E-state index contributed by atoms with van der Waals surface area (Å²) >= 11 is 14.2. The standard InChI is InChI=1S/C7H15Cl2N2O2P.CH3Br/c8-2-5-11(6-3-9)14(12)10-4-1-7-13-14;1-2/h1-7H2,(H,10,12);1H3. The van der Waals surface area contributed by atoms with E-state index in [0.29, 0.717) is 31.5 Å². The van der Waals surface area contributed by atoms with Gasteiger partial charge in [0.25, 0.3) is 0 Å². The van der Waals surface area contributed by atoms with Crippen molar-refractivity contribution >= 4 is 46.8 Å². The summed E-state index contributed by atoms with van der Waals surface area (Å²) in [4.78, 5) is 0. The van der Waals surface area contributed by atoms with Gasteiger partial charge >= 0.3 is 7.67 Å². The molecule has 0 amide bonds. The fourth-order valence-electron chi connectivity index (χ4n) is 1.28. The average molecular weight is 356 g/mol. The Bertz CT molecular complexity index is 208. The van der Waals surface area contributed by atoms with Crippen LogP contribution in [-0.4, -0.2) is 48.5 Å². The van der Waals surface area contributed by atoms with Gasteiger partial charge in [-0.3, -0.25) is 4.57 Å². The van der Waals surface area contributed by atoms with Crippen LogP contribution < -0.4 is 5.09 Å². The molecule has 1 rings (SSSR count). The molecule has 0 aromatic carbocycles. The summed E-state index contributed by atoms with van der Waals surface area (Å²) < 4.78 is 19.2. The molecule has 0 bridgehead atoms. The van der Waals surface area contributed by atoms with Gasteiger partial charge in [0.15, 0.2) is 0 Å². The lowest BCUT2D eigenvalue weighted by molar-refractivity contribution is 0.233. The van der Waals surface area contributed by atoms with Crippen molar-refractivity contribution in [1.82, 2.24) is 9.76 Å². The van der Waals surface area contributed by atoms with Crippen molar-refractivity contribution in [1.29, 1.82) is 0 Å². The SMILES string of the molecule is CBr.O=P1(N(CCCl)CCCl)NCCCO1. The Morgan fingerprint density at radius 1 is 1.38 bits per heavy atom. The van der Waals surface area contributed by atoms with Gasteiger partial charge in [0.2, 0.25) is 0 Å². The molecule has 1 saturated heterocycles. The first-order valence-electron chi connectivity index (χ1n) is 4.98. The van der Waals surface area contributed by atoms with Crippen LogP contribution in [0.5, 0.6) is 0 Å². The van der Waals surface area contributed by atoms with Crippen LogP contribution in [0.2, 0.25) is 0 Å². The zero-order valence-electron chi connectivity index (χ0n) is 9.29. The monoisotopic (exact) mass is 354 g/mol. The van der Waals surface area contributed by atoms with E-state index in [1.54, 1.807) is 4.67 Å². The van der Waals surface area contributed by atoms with Gasteiger partial charge in [0.1, 0.15) is 0 Å². The van der Waals surface area contributed by atoms with E-state index < -0.39 is 7.67 Å². The van der Waals surface area contributed by atoms with Crippen LogP contribution in [0, 0.1) is 0 Å². The highest BCUT2D eigenvalue weighted by molar-refractivity contribution is 9.08. The average Bonchev–Trinajstić information content (AvgIpc) is 2.32. The molecule has 0 radical (unpaired) electrons. The van der Waals surface area contributed by atoms with Crippen LogP contribution in [0.1, 0.15) is 6.42 Å². The molecule has 1 fully saturated rings. The van der Waals surface area contributed by atoms with Gasteiger partial charge in [-0.05, 0) is 12.3 Å². The Hall–Kier alpha value is 1.17. The lowest BCUT2D eigenvalue weighted by Crippen LogP contribution is -2.35. The van der Waals surface area contributed by atoms with Gasteiger partial charge < -0.3 is 4.52 Å². The molecule has 0 aromatic heterocycles. The maximum absolute atomic E-state index is 12.2. The molecule has 16 heavy (non-hydrogen) atoms. The van der Waals surface area contributed by atoms with Crippen LogP contribution in [0.15, 0.2) is 0 Å². The second-order valence-electron chi connectivity index (χ2n) is 2.95. The molecule has 0 spiro atoms. The Morgan fingerprint density at radius 2 is 1.94 bits per heavy atom. The second-order valence-corrected chi connectivity index (χ2v) is 5.88. The largest absolute Gasteiger partial charge is 0.343 e. The lowest BCUT2D eigenvalue weighted by Gasteiger charge is -2.33. The van der Waals surface area contributed by atoms with Gasteiger partial charge in [0.05, 0.1) is 6.61 Å². The number of nitrogens with zero attached hydrogens (tertiary/aromatic N) is 1. The quantitative estimate of drug-likeness (QED) is 0.608. The van der Waals surface area contributed by atoms with Crippen LogP contribution >= 0.6 is 46.8 Å². The molecule has 1 heterocycles. The van der Waals surface area contributed by atoms with Crippen molar-refractivity contribution in [3.63, 3.8) is 0 Å². The van der Waals surface area contributed by atoms with E-state index in [9.17, 15) is 4.57 Å². The van der Waals surface area contributed by atoms with Crippen molar-refractivity contribution in [2.75, 3.05) is 43.8 Å². The third-order valence-corrected chi connectivity index (χ3v) is 4.60. The van der Waals surface area contributed by atoms with Gasteiger partial charge in [-0.2, -0.15) is 0 Å². The van der Waals surface area contributed by atoms with E-state index in [1.165, 1.54) is 0 Å². The third-order valence-electron chi connectivity index (χ3n) is 1.96. The van der Waals surface area contributed by atoms with Gasteiger partial charge in [0, 0.05) is 31.4 Å². The minimum atomic E-state index is -2.84. The first-order valence-corrected chi connectivity index (χ1v) is 9.21. The number of nitrogens with one attached hydrogen (secondary N) is 1. The van der Waals surface area contributed by atoms with Crippen molar-refractivity contribution in [2.24, 2.45) is 0 Å². The fourth-order valence-corrected chi connectivity index (χ4v) is 3.92. The Kier molecular flexibility index (Phi) is 10.9. The highest BCUT2D eigenvalue weighted by atomic mass is 79.9. The summed E-state index contributed by atoms with van der Waals surface area (Å²) in [6.45, 7) is 2.31. The maximum Gasteiger partial charge on any atom is 0.343 e. The normalized spacial score (nSPS) is 25.1. The number of hydrogen-bond donors (Lipinski definition) is 1. The lowest BCUT2D eigenvalue weighted by atomic mass is 10.5. The summed E-state index contributed by atoms with van der Waals surface area (Å²) in [5.41, 5.74) is 0. The highest BCUT2D eigenvalue weighted by Gasteiger charge is 2.32. The van der Waals surface area contributed by atoms with E-state index in [-0.39, 0.29) is 0 Å². The van der Waals surface area contributed by atoms with Crippen LogP contribution in [0.25, 0.3) is 0 Å². The van der Waals surface area contributed by atoms with Gasteiger partial charge in [-0.1, -0.05) is 15.9 Å². The highest BCUT2D eigenvalue weighted by Crippen LogP contribution is 2.47. The molecule has 98 valence electrons. The molecule has 0 saturated carbocycles. The molecule has 0 aromatic rings. The van der Waals surface area contributed by atoms with E-state index in [2.05, 4.69) is 21.0 Å². The summed E-state index contributed by atoms with van der Waals surface area (Å²) in [6, 6.07) is 0. The Balaban J connectivity index is 0.00000106. The zero-order chi connectivity index (χ0) is 12.4. The van der Waals surface area contributed by atoms with Crippen molar-refractivity contribution in [3.8, 4) is 0 Å². The summed E-state index contributed by atoms with van der Waals surface area (Å²) in [6.07, 6.45) is 0.888. The first kappa shape index (κ1) is 17.2. The molecule has 1 atom stereocenters. The number of hydrogen-bond acceptors (Lipinski definition) is 2. The van der Waals surface area contributed by atoms with E-state index in [0.717, 1.165) is 13.0 Å². The predicted molar refractivity (Wildman–Crippen MR) is 74.0 cm³/mol. The molecule has 1 aliphatic rings. The molecule has 1 aliphatic heterocycles. The molecule has 4 nitrogen and oxygen atoms in total.